The number of aromatic nitrogens is 4. The number of methoxy groups -OCH3 is 1. The largest absolute Gasteiger partial charge is 0.501 e. The number of hydrogen-bond acceptors (Lipinski definition) is 12. The van der Waals surface area contributed by atoms with Gasteiger partial charge in [0.15, 0.2) is 5.65 Å². The first-order chi connectivity index (χ1) is 26.1. The Labute approximate surface area is 313 Å². The number of amides is 3. The van der Waals surface area contributed by atoms with Gasteiger partial charge in [-0.1, -0.05) is 18.2 Å². The average Bonchev–Trinajstić information content (AvgIpc) is 3.34. The molecule has 4 atom stereocenters. The molecular weight excluding hydrogens is 693 g/mol. The Morgan fingerprint density at radius 1 is 1.11 bits per heavy atom. The number of fused-ring (bicyclic) bond motifs is 1. The zero-order valence-electron chi connectivity index (χ0n) is 30.5. The number of benzene rings is 1. The van der Waals surface area contributed by atoms with Gasteiger partial charge in [-0.3, -0.25) is 24.6 Å². The van der Waals surface area contributed by atoms with Crippen molar-refractivity contribution in [2.75, 3.05) is 44.8 Å². The van der Waals surface area contributed by atoms with Gasteiger partial charge >= 0.3 is 0 Å². The number of aliphatic hydroxyl groups excluding tert-OH is 1. The summed E-state index contributed by atoms with van der Waals surface area (Å²) in [5.74, 6) is -0.364. The van der Waals surface area contributed by atoms with Gasteiger partial charge < -0.3 is 25.8 Å². The molecule has 3 fully saturated rings. The number of carbonyl (C=O) groups excluding carboxylic acids is 3. The fraction of sp³-hybridized carbons (Fsp3) is 0.513. The van der Waals surface area contributed by atoms with Crippen LogP contribution in [0.25, 0.3) is 11.2 Å². The first kappa shape index (κ1) is 37.5. The van der Waals surface area contributed by atoms with E-state index in [2.05, 4.69) is 30.4 Å². The highest BCUT2D eigenvalue weighted by atomic mass is 19.1. The minimum Gasteiger partial charge on any atom is -0.501 e. The van der Waals surface area contributed by atoms with Crippen LogP contribution in [0.2, 0.25) is 0 Å². The maximum absolute atomic E-state index is 15.5. The summed E-state index contributed by atoms with van der Waals surface area (Å²) < 4.78 is 20.9. The molecule has 3 aliphatic heterocycles. The second kappa shape index (κ2) is 15.9. The van der Waals surface area contributed by atoms with Crippen molar-refractivity contribution < 1.29 is 28.6 Å². The average molecular weight is 742 g/mol. The fourth-order valence-corrected chi connectivity index (χ4v) is 8.42. The summed E-state index contributed by atoms with van der Waals surface area (Å²) in [6, 6.07) is 4.78. The number of allylic oxidation sites excluding steroid dienone is 2. The van der Waals surface area contributed by atoms with E-state index >= 15 is 4.39 Å². The van der Waals surface area contributed by atoms with Crippen molar-refractivity contribution in [1.82, 2.24) is 35.5 Å². The Morgan fingerprint density at radius 3 is 2.69 bits per heavy atom. The van der Waals surface area contributed by atoms with E-state index < -0.39 is 17.0 Å². The predicted octanol–water partition coefficient (Wildman–Crippen LogP) is 2.95. The second-order valence-corrected chi connectivity index (χ2v) is 15.1. The van der Waals surface area contributed by atoms with Gasteiger partial charge in [0.2, 0.25) is 17.7 Å². The Kier molecular flexibility index (Phi) is 11.0. The van der Waals surface area contributed by atoms with E-state index in [0.29, 0.717) is 91.7 Å². The summed E-state index contributed by atoms with van der Waals surface area (Å²) in [5.41, 5.74) is 6.83. The number of likely N-dealkylation sites (tertiary alicyclic amines) is 1. The van der Waals surface area contributed by atoms with Crippen LogP contribution in [0.3, 0.4) is 0 Å². The Balaban J connectivity index is 1.07. The number of nitrogens with zero attached hydrogens (tertiary/aromatic N) is 6. The molecule has 0 spiro atoms. The van der Waals surface area contributed by atoms with Gasteiger partial charge in [0.1, 0.15) is 22.7 Å². The van der Waals surface area contributed by atoms with Crippen molar-refractivity contribution in [3.63, 3.8) is 0 Å². The fourth-order valence-electron chi connectivity index (χ4n) is 8.42. The van der Waals surface area contributed by atoms with Gasteiger partial charge in [-0.05, 0) is 74.6 Å². The lowest BCUT2D eigenvalue weighted by Gasteiger charge is -2.38. The maximum Gasteiger partial charge on any atom is 0.244 e. The molecule has 14 nitrogen and oxygen atoms in total. The molecule has 5 N–H and O–H groups in total. The number of hydrogen-bond donors (Lipinski definition) is 4. The van der Waals surface area contributed by atoms with Gasteiger partial charge in [0.25, 0.3) is 0 Å². The van der Waals surface area contributed by atoms with Gasteiger partial charge in [-0.25, -0.2) is 24.3 Å². The lowest BCUT2D eigenvalue weighted by atomic mass is 9.83. The lowest BCUT2D eigenvalue weighted by Crippen LogP contribution is -2.60. The SMILES string of the molecule is COC1=CC=CC(N)(C(=O)NC2(CCO)CCC(c3ncc4nccnc4n3)N(CC3CCN(c4ccc(C5CCC(=O)NC5=O)cc4F)CC3)CC2)C1. The number of anilines is 1. The summed E-state index contributed by atoms with van der Waals surface area (Å²) in [4.78, 5) is 60.7. The van der Waals surface area contributed by atoms with E-state index in [-0.39, 0.29) is 49.0 Å². The van der Waals surface area contributed by atoms with Crippen LogP contribution < -0.4 is 21.3 Å². The number of rotatable bonds is 10. The lowest BCUT2D eigenvalue weighted by molar-refractivity contribution is -0.134. The maximum atomic E-state index is 15.5. The van der Waals surface area contributed by atoms with Crippen LogP contribution in [-0.2, 0) is 19.1 Å². The molecule has 2 aromatic heterocycles. The molecule has 286 valence electrons. The molecule has 0 bridgehead atoms. The van der Waals surface area contributed by atoms with E-state index in [1.54, 1.807) is 56.1 Å². The van der Waals surface area contributed by atoms with E-state index in [9.17, 15) is 19.5 Å². The zero-order chi connectivity index (χ0) is 37.9. The number of aliphatic hydroxyl groups is 1. The van der Waals surface area contributed by atoms with E-state index in [1.807, 2.05) is 0 Å². The molecule has 0 radical (unpaired) electrons. The van der Waals surface area contributed by atoms with Crippen molar-refractivity contribution >= 4 is 34.6 Å². The Hall–Kier alpha value is -4.86. The van der Waals surface area contributed by atoms with Crippen molar-refractivity contribution in [3.8, 4) is 0 Å². The summed E-state index contributed by atoms with van der Waals surface area (Å²) in [5, 5.41) is 15.9. The van der Waals surface area contributed by atoms with Crippen molar-refractivity contribution in [2.24, 2.45) is 11.7 Å². The third-order valence-electron chi connectivity index (χ3n) is 11.6. The van der Waals surface area contributed by atoms with Crippen molar-refractivity contribution in [3.05, 3.63) is 78.0 Å². The minimum atomic E-state index is -1.28. The number of carbonyl (C=O) groups is 3. The van der Waals surface area contributed by atoms with Crippen LogP contribution in [0.5, 0.6) is 0 Å². The van der Waals surface area contributed by atoms with E-state index in [0.717, 1.165) is 19.4 Å². The highest BCUT2D eigenvalue weighted by molar-refractivity contribution is 6.01. The standard InChI is InChI=1S/C39H48FN9O5/c1-54-27-3-2-11-39(41,22-27)37(53)47-38(14-20-50)12-8-32(35-44-23-30-34(46-35)43-16-15-42-30)49(19-13-38)24-25-9-17-48(18-10-25)31-6-4-26(21-29(31)40)28-5-7-33(51)45-36(28)52/h2-4,6,11,15-16,21,23,25,28,32,50H,5,7-10,12-14,17-20,22,24,41H2,1H3,(H,47,53)(H,45,51,52). The molecule has 7 rings (SSSR count). The molecule has 4 aliphatic rings. The molecule has 1 aliphatic carbocycles. The van der Waals surface area contributed by atoms with Crippen LogP contribution in [-0.4, -0.2) is 98.6 Å². The van der Waals surface area contributed by atoms with E-state index in [1.165, 1.54) is 6.07 Å². The second-order valence-electron chi connectivity index (χ2n) is 15.1. The molecule has 4 unspecified atom stereocenters. The quantitative estimate of drug-likeness (QED) is 0.223. The highest BCUT2D eigenvalue weighted by Crippen LogP contribution is 2.38. The third-order valence-corrected chi connectivity index (χ3v) is 11.6. The van der Waals surface area contributed by atoms with Crippen molar-refractivity contribution in [2.45, 2.75) is 80.8 Å². The molecule has 3 aromatic rings. The summed E-state index contributed by atoms with van der Waals surface area (Å²) in [6.07, 6.45) is 14.8. The number of piperidine rings is 2. The van der Waals surface area contributed by atoms with Crippen molar-refractivity contribution in [1.29, 1.82) is 0 Å². The number of halogens is 1. The molecule has 15 heteroatoms. The predicted molar refractivity (Wildman–Crippen MR) is 198 cm³/mol. The first-order valence-electron chi connectivity index (χ1n) is 18.8. The molecule has 5 heterocycles. The van der Waals surface area contributed by atoms with E-state index in [4.69, 9.17) is 20.4 Å². The normalized spacial score (nSPS) is 27.0. The number of ether oxygens (including phenoxy) is 1. The van der Waals surface area contributed by atoms with Gasteiger partial charge in [-0.15, -0.1) is 0 Å². The van der Waals surface area contributed by atoms with Gasteiger partial charge in [0.05, 0.1) is 36.7 Å². The smallest absolute Gasteiger partial charge is 0.244 e. The number of imide groups is 1. The molecular formula is C39H48FN9O5. The summed E-state index contributed by atoms with van der Waals surface area (Å²) in [6.45, 7) is 2.57. The molecule has 0 saturated carbocycles. The Morgan fingerprint density at radius 2 is 1.93 bits per heavy atom. The highest BCUT2D eigenvalue weighted by Gasteiger charge is 2.43. The Bertz CT molecular complexity index is 1950. The first-order valence-corrected chi connectivity index (χ1v) is 18.8. The monoisotopic (exact) mass is 741 g/mol. The molecule has 3 amide bonds. The van der Waals surface area contributed by atoms with Gasteiger partial charge in [0, 0.05) is 63.6 Å². The summed E-state index contributed by atoms with van der Waals surface area (Å²) in [7, 11) is 1.56. The molecule has 1 aromatic carbocycles. The molecule has 54 heavy (non-hydrogen) atoms. The number of nitrogens with one attached hydrogen (secondary N) is 2. The van der Waals surface area contributed by atoms with Crippen LogP contribution in [0, 0.1) is 11.7 Å². The molecule has 3 saturated heterocycles. The minimum absolute atomic E-state index is 0.104. The van der Waals surface area contributed by atoms with Crippen LogP contribution in [0.1, 0.15) is 81.1 Å². The number of nitrogens with two attached hydrogens (primary N) is 1. The summed E-state index contributed by atoms with van der Waals surface area (Å²) >= 11 is 0. The van der Waals surface area contributed by atoms with Crippen LogP contribution >= 0.6 is 0 Å². The van der Waals surface area contributed by atoms with Crippen LogP contribution in [0.15, 0.2) is 60.8 Å². The van der Waals surface area contributed by atoms with Gasteiger partial charge in [-0.2, -0.15) is 0 Å². The third kappa shape index (κ3) is 7.98. The zero-order valence-corrected chi connectivity index (χ0v) is 30.5. The topological polar surface area (TPSA) is 189 Å². The van der Waals surface area contributed by atoms with Crippen LogP contribution in [0.4, 0.5) is 10.1 Å².